The summed E-state index contributed by atoms with van der Waals surface area (Å²) in [5, 5.41) is 5.15. The molecule has 0 saturated carbocycles. The molecule has 0 bridgehead atoms. The first-order valence-corrected chi connectivity index (χ1v) is 8.77. The Morgan fingerprint density at radius 1 is 1.11 bits per heavy atom. The summed E-state index contributed by atoms with van der Waals surface area (Å²) in [4.78, 5) is 32.2. The maximum atomic E-state index is 12.1. The van der Waals surface area contributed by atoms with E-state index in [0.29, 0.717) is 30.4 Å². The van der Waals surface area contributed by atoms with Crippen LogP contribution in [0.25, 0.3) is 0 Å². The second-order valence-electron chi connectivity index (χ2n) is 6.26. The number of carbonyl (C=O) groups excluding carboxylic acids is 2. The van der Waals surface area contributed by atoms with Gasteiger partial charge in [-0.3, -0.25) is 9.59 Å². The third-order valence-corrected chi connectivity index (χ3v) is 3.97. The molecule has 2 aromatic heterocycles. The fourth-order valence-corrected chi connectivity index (χ4v) is 2.45. The van der Waals surface area contributed by atoms with Gasteiger partial charge in [-0.15, -0.1) is 0 Å². The van der Waals surface area contributed by atoms with E-state index in [1.54, 1.807) is 47.7 Å². The van der Waals surface area contributed by atoms with Gasteiger partial charge in [-0.2, -0.15) is 0 Å². The fourth-order valence-electron chi connectivity index (χ4n) is 2.45. The van der Waals surface area contributed by atoms with Crippen LogP contribution in [0, 0.1) is 13.8 Å². The van der Waals surface area contributed by atoms with Crippen LogP contribution in [0.5, 0.6) is 11.6 Å². The highest BCUT2D eigenvalue weighted by Gasteiger charge is 2.14. The van der Waals surface area contributed by atoms with Crippen molar-refractivity contribution in [3.05, 3.63) is 66.4 Å². The summed E-state index contributed by atoms with van der Waals surface area (Å²) in [7, 11) is 0. The number of imidazole rings is 1. The van der Waals surface area contributed by atoms with Crippen LogP contribution in [0.15, 0.2) is 55.2 Å². The average Bonchev–Trinajstić information content (AvgIpc) is 3.18. The zero-order chi connectivity index (χ0) is 19.9. The van der Waals surface area contributed by atoms with Crippen LogP contribution in [0.4, 0.5) is 5.69 Å². The van der Waals surface area contributed by atoms with Crippen LogP contribution < -0.4 is 15.4 Å². The van der Waals surface area contributed by atoms with E-state index in [1.807, 2.05) is 26.0 Å². The van der Waals surface area contributed by atoms with E-state index in [0.717, 1.165) is 11.1 Å². The van der Waals surface area contributed by atoms with Crippen molar-refractivity contribution in [1.82, 2.24) is 19.9 Å². The zero-order valence-corrected chi connectivity index (χ0v) is 15.7. The second-order valence-corrected chi connectivity index (χ2v) is 6.26. The number of ether oxygens (including phenoxy) is 1. The first-order chi connectivity index (χ1) is 13.5. The molecule has 3 rings (SSSR count). The second kappa shape index (κ2) is 8.81. The lowest BCUT2D eigenvalue weighted by Crippen LogP contribution is -2.37. The Morgan fingerprint density at radius 2 is 1.96 bits per heavy atom. The quantitative estimate of drug-likeness (QED) is 0.641. The first-order valence-electron chi connectivity index (χ1n) is 8.77. The van der Waals surface area contributed by atoms with Gasteiger partial charge in [0.15, 0.2) is 0 Å². The molecule has 28 heavy (non-hydrogen) atoms. The minimum atomic E-state index is -0.742. The summed E-state index contributed by atoms with van der Waals surface area (Å²) in [6.07, 6.45) is 6.74. The van der Waals surface area contributed by atoms with E-state index in [4.69, 9.17) is 4.74 Å². The lowest BCUT2D eigenvalue weighted by Gasteiger charge is -2.11. The summed E-state index contributed by atoms with van der Waals surface area (Å²) in [6.45, 7) is 4.69. The number of nitrogens with one attached hydrogen (secondary N) is 2. The lowest BCUT2D eigenvalue weighted by molar-refractivity contribution is -0.136. The fraction of sp³-hybridized carbons (Fsp3) is 0.200. The first kappa shape index (κ1) is 19.1. The molecule has 8 heteroatoms. The van der Waals surface area contributed by atoms with Crippen molar-refractivity contribution in [2.75, 3.05) is 11.9 Å². The molecule has 2 N–H and O–H groups in total. The molecule has 0 unspecified atom stereocenters. The maximum Gasteiger partial charge on any atom is 0.313 e. The Labute approximate surface area is 162 Å². The lowest BCUT2D eigenvalue weighted by atomic mass is 10.2. The Hall–Kier alpha value is -3.68. The zero-order valence-electron chi connectivity index (χ0n) is 15.7. The molecular formula is C20H21N5O3. The Bertz CT molecular complexity index is 970. The van der Waals surface area contributed by atoms with Crippen LogP contribution in [-0.4, -0.2) is 32.9 Å². The largest absolute Gasteiger partial charge is 0.439 e. The summed E-state index contributed by atoms with van der Waals surface area (Å²) < 4.78 is 7.61. The predicted octanol–water partition coefficient (Wildman–Crippen LogP) is 2.44. The molecule has 1 aromatic carbocycles. The van der Waals surface area contributed by atoms with Gasteiger partial charge in [0.25, 0.3) is 0 Å². The Kier molecular flexibility index (Phi) is 6.01. The number of hydrogen-bond acceptors (Lipinski definition) is 5. The number of aromatic nitrogens is 3. The molecule has 0 aliphatic carbocycles. The molecular weight excluding hydrogens is 358 g/mol. The topological polar surface area (TPSA) is 98.1 Å². The summed E-state index contributed by atoms with van der Waals surface area (Å²) >= 11 is 0. The van der Waals surface area contributed by atoms with E-state index >= 15 is 0 Å². The van der Waals surface area contributed by atoms with Crippen molar-refractivity contribution < 1.29 is 14.3 Å². The molecule has 0 aliphatic heterocycles. The van der Waals surface area contributed by atoms with Gasteiger partial charge in [0.2, 0.25) is 5.88 Å². The summed E-state index contributed by atoms with van der Waals surface area (Å²) in [5.41, 5.74) is 2.37. The van der Waals surface area contributed by atoms with Crippen LogP contribution in [0.2, 0.25) is 0 Å². The Morgan fingerprint density at radius 3 is 2.71 bits per heavy atom. The highest BCUT2D eigenvalue weighted by molar-refractivity contribution is 6.39. The van der Waals surface area contributed by atoms with E-state index in [1.165, 1.54) is 0 Å². The van der Waals surface area contributed by atoms with Crippen LogP contribution in [0.3, 0.4) is 0 Å². The molecule has 3 aromatic rings. The third-order valence-electron chi connectivity index (χ3n) is 3.97. The number of hydrogen-bond donors (Lipinski definition) is 2. The number of amides is 2. The highest BCUT2D eigenvalue weighted by Crippen LogP contribution is 2.27. The van der Waals surface area contributed by atoms with Crippen LogP contribution in [0.1, 0.15) is 11.1 Å². The molecule has 8 nitrogen and oxygen atoms in total. The Balaban J connectivity index is 1.58. The molecule has 2 heterocycles. The summed E-state index contributed by atoms with van der Waals surface area (Å²) in [6, 6.07) is 8.87. The molecule has 0 spiro atoms. The summed E-state index contributed by atoms with van der Waals surface area (Å²) in [5.74, 6) is -0.433. The SMILES string of the molecule is Cc1ccnc(Oc2cc(NC(=O)C(=O)NCCn3ccnc3)ccc2C)c1. The standard InChI is InChI=1S/C20H21N5O3/c1-14-5-6-22-18(11-14)28-17-12-16(4-3-15(17)2)24-20(27)19(26)23-8-10-25-9-7-21-13-25/h3-7,9,11-13H,8,10H2,1-2H3,(H,23,26)(H,24,27). The molecule has 0 aliphatic rings. The maximum absolute atomic E-state index is 12.1. The van der Waals surface area contributed by atoms with Gasteiger partial charge in [-0.05, 0) is 37.1 Å². The van der Waals surface area contributed by atoms with Crippen LogP contribution in [-0.2, 0) is 16.1 Å². The van der Waals surface area contributed by atoms with Gasteiger partial charge in [0.1, 0.15) is 5.75 Å². The normalized spacial score (nSPS) is 10.4. The number of rotatable bonds is 6. The molecule has 0 atom stereocenters. The number of anilines is 1. The molecule has 144 valence electrons. The monoisotopic (exact) mass is 379 g/mol. The van der Waals surface area contributed by atoms with Crippen molar-refractivity contribution in [3.8, 4) is 11.6 Å². The molecule has 0 fully saturated rings. The van der Waals surface area contributed by atoms with Gasteiger partial charge in [0.05, 0.1) is 6.33 Å². The molecule has 0 saturated heterocycles. The number of nitrogens with zero attached hydrogens (tertiary/aromatic N) is 3. The van der Waals surface area contributed by atoms with Crippen molar-refractivity contribution in [2.45, 2.75) is 20.4 Å². The van der Waals surface area contributed by atoms with Gasteiger partial charge >= 0.3 is 11.8 Å². The minimum absolute atomic E-state index is 0.323. The molecule has 0 radical (unpaired) electrons. The smallest absolute Gasteiger partial charge is 0.313 e. The predicted molar refractivity (Wildman–Crippen MR) is 104 cm³/mol. The number of aryl methyl sites for hydroxylation is 2. The van der Waals surface area contributed by atoms with E-state index < -0.39 is 11.8 Å². The highest BCUT2D eigenvalue weighted by atomic mass is 16.5. The average molecular weight is 379 g/mol. The van der Waals surface area contributed by atoms with Gasteiger partial charge in [-0.1, -0.05) is 6.07 Å². The van der Waals surface area contributed by atoms with E-state index in [9.17, 15) is 9.59 Å². The number of carbonyl (C=O) groups is 2. The third kappa shape index (κ3) is 5.16. The van der Waals surface area contributed by atoms with Gasteiger partial charge in [0, 0.05) is 49.5 Å². The van der Waals surface area contributed by atoms with Crippen LogP contribution >= 0.6 is 0 Å². The van der Waals surface area contributed by atoms with Crippen molar-refractivity contribution in [1.29, 1.82) is 0 Å². The van der Waals surface area contributed by atoms with E-state index in [2.05, 4.69) is 20.6 Å². The minimum Gasteiger partial charge on any atom is -0.439 e. The number of pyridine rings is 1. The molecule has 2 amide bonds. The van der Waals surface area contributed by atoms with Gasteiger partial charge in [-0.25, -0.2) is 9.97 Å². The van der Waals surface area contributed by atoms with Crippen molar-refractivity contribution in [2.24, 2.45) is 0 Å². The number of benzene rings is 1. The van der Waals surface area contributed by atoms with E-state index in [-0.39, 0.29) is 0 Å². The van der Waals surface area contributed by atoms with Gasteiger partial charge < -0.3 is 19.9 Å². The van der Waals surface area contributed by atoms with Crippen molar-refractivity contribution in [3.63, 3.8) is 0 Å². The van der Waals surface area contributed by atoms with Crippen molar-refractivity contribution >= 4 is 17.5 Å².